The molecule has 46 heavy (non-hydrogen) atoms. The number of carbonyl (C=O) groups is 2. The summed E-state index contributed by atoms with van der Waals surface area (Å²) in [6, 6.07) is 28.8. The predicted octanol–water partition coefficient (Wildman–Crippen LogP) is 5.37. The van der Waals surface area contributed by atoms with Crippen LogP contribution in [0.4, 0.5) is 5.69 Å². The Morgan fingerprint density at radius 2 is 1.41 bits per heavy atom. The van der Waals surface area contributed by atoms with Gasteiger partial charge in [0.15, 0.2) is 11.5 Å². The van der Waals surface area contributed by atoms with E-state index in [-0.39, 0.29) is 35.6 Å². The number of hydrogen-bond donors (Lipinski definition) is 1. The molecule has 0 aliphatic rings. The van der Waals surface area contributed by atoms with Gasteiger partial charge in [0.25, 0.3) is 10.0 Å². The van der Waals surface area contributed by atoms with Gasteiger partial charge in [-0.1, -0.05) is 78.4 Å². The molecule has 4 rings (SSSR count). The van der Waals surface area contributed by atoms with Crippen LogP contribution in [-0.4, -0.2) is 58.0 Å². The highest BCUT2D eigenvalue weighted by Gasteiger charge is 2.35. The second-order valence-electron chi connectivity index (χ2n) is 11.2. The molecule has 10 heteroatoms. The summed E-state index contributed by atoms with van der Waals surface area (Å²) in [5, 5.41) is 2.97. The van der Waals surface area contributed by atoms with Gasteiger partial charge < -0.3 is 19.7 Å². The van der Waals surface area contributed by atoms with Crippen molar-refractivity contribution >= 4 is 27.5 Å². The van der Waals surface area contributed by atoms with E-state index in [2.05, 4.69) is 5.32 Å². The Labute approximate surface area is 271 Å². The van der Waals surface area contributed by atoms with E-state index in [0.717, 1.165) is 21.0 Å². The van der Waals surface area contributed by atoms with Crippen molar-refractivity contribution in [1.29, 1.82) is 0 Å². The van der Waals surface area contributed by atoms with Crippen molar-refractivity contribution in [3.05, 3.63) is 120 Å². The quantitative estimate of drug-likeness (QED) is 0.198. The lowest BCUT2D eigenvalue weighted by Crippen LogP contribution is -2.54. The molecule has 9 nitrogen and oxygen atoms in total. The predicted molar refractivity (Wildman–Crippen MR) is 179 cm³/mol. The molecule has 1 N–H and O–H groups in total. The highest BCUT2D eigenvalue weighted by Crippen LogP contribution is 2.32. The minimum Gasteiger partial charge on any atom is -0.493 e. The maximum Gasteiger partial charge on any atom is 0.264 e. The van der Waals surface area contributed by atoms with Crippen LogP contribution in [0.2, 0.25) is 0 Å². The monoisotopic (exact) mass is 643 g/mol. The lowest BCUT2D eigenvalue weighted by molar-refractivity contribution is -0.140. The van der Waals surface area contributed by atoms with Gasteiger partial charge in [-0.25, -0.2) is 8.42 Å². The molecule has 0 saturated carbocycles. The number of carbonyl (C=O) groups excluding carboxylic acids is 2. The van der Waals surface area contributed by atoms with Gasteiger partial charge in [0.05, 0.1) is 24.8 Å². The van der Waals surface area contributed by atoms with E-state index in [1.54, 1.807) is 30.3 Å². The summed E-state index contributed by atoms with van der Waals surface area (Å²) in [5.41, 5.74) is 2.98. The van der Waals surface area contributed by atoms with E-state index in [0.29, 0.717) is 11.4 Å². The van der Waals surface area contributed by atoms with Gasteiger partial charge in [0, 0.05) is 25.1 Å². The summed E-state index contributed by atoms with van der Waals surface area (Å²) < 4.78 is 40.3. The first-order valence-corrected chi connectivity index (χ1v) is 16.5. The van der Waals surface area contributed by atoms with Crippen LogP contribution in [0.15, 0.2) is 108 Å². The molecule has 0 saturated heterocycles. The Morgan fingerprint density at radius 3 is 2.02 bits per heavy atom. The van der Waals surface area contributed by atoms with Crippen LogP contribution in [0.5, 0.6) is 11.5 Å². The molecule has 0 aliphatic carbocycles. The SMILES string of the molecule is COc1ccc(S(=O)(=O)N(CC(=O)N(Cc2cccc(C)c2)C(Cc2ccccc2)C(=O)NC(C)C)c2ccccc2)cc1OC. The van der Waals surface area contributed by atoms with Gasteiger partial charge in [-0.3, -0.25) is 13.9 Å². The third kappa shape index (κ3) is 8.45. The molecule has 0 heterocycles. The van der Waals surface area contributed by atoms with Crippen molar-refractivity contribution in [1.82, 2.24) is 10.2 Å². The van der Waals surface area contributed by atoms with E-state index < -0.39 is 28.5 Å². The number of para-hydroxylation sites is 1. The normalized spacial score (nSPS) is 11.9. The van der Waals surface area contributed by atoms with Crippen LogP contribution in [0.25, 0.3) is 0 Å². The molecular weight excluding hydrogens is 602 g/mol. The van der Waals surface area contributed by atoms with Crippen LogP contribution in [-0.2, 0) is 32.6 Å². The number of methoxy groups -OCH3 is 2. The molecule has 1 atom stereocenters. The number of ether oxygens (including phenoxy) is 2. The smallest absolute Gasteiger partial charge is 0.264 e. The molecule has 0 radical (unpaired) electrons. The Kier molecular flexibility index (Phi) is 11.4. The fourth-order valence-corrected chi connectivity index (χ4v) is 6.60. The maximum absolute atomic E-state index is 14.5. The van der Waals surface area contributed by atoms with Gasteiger partial charge in [-0.15, -0.1) is 0 Å². The third-order valence-electron chi connectivity index (χ3n) is 7.40. The maximum atomic E-state index is 14.5. The number of aryl methyl sites for hydroxylation is 1. The highest BCUT2D eigenvalue weighted by atomic mass is 32.2. The average molecular weight is 644 g/mol. The zero-order valence-electron chi connectivity index (χ0n) is 26.8. The van der Waals surface area contributed by atoms with Gasteiger partial charge >= 0.3 is 0 Å². The van der Waals surface area contributed by atoms with Crippen LogP contribution < -0.4 is 19.1 Å². The lowest BCUT2D eigenvalue weighted by Gasteiger charge is -2.34. The topological polar surface area (TPSA) is 105 Å². The molecule has 0 aliphatic heterocycles. The molecule has 0 spiro atoms. The van der Waals surface area contributed by atoms with Gasteiger partial charge in [-0.2, -0.15) is 0 Å². The fraction of sp³-hybridized carbons (Fsp3) is 0.278. The van der Waals surface area contributed by atoms with Crippen molar-refractivity contribution in [3.8, 4) is 11.5 Å². The standard InChI is InChI=1S/C36H41N3O6S/c1-26(2)37-36(41)32(22-28-14-8-6-9-15-28)38(24-29-16-12-13-27(3)21-29)35(40)25-39(30-17-10-7-11-18-30)46(42,43)31-19-20-33(44-4)34(23-31)45-5/h6-21,23,26,32H,22,24-25H2,1-5H3,(H,37,41). The largest absolute Gasteiger partial charge is 0.493 e. The minimum absolute atomic E-state index is 0.0783. The summed E-state index contributed by atoms with van der Waals surface area (Å²) in [6.45, 7) is 5.22. The van der Waals surface area contributed by atoms with Gasteiger partial charge in [0.2, 0.25) is 11.8 Å². The van der Waals surface area contributed by atoms with E-state index in [9.17, 15) is 18.0 Å². The van der Waals surface area contributed by atoms with Crippen molar-refractivity contribution in [2.75, 3.05) is 25.1 Å². The van der Waals surface area contributed by atoms with E-state index in [4.69, 9.17) is 9.47 Å². The molecule has 0 fully saturated rings. The number of amides is 2. The molecule has 242 valence electrons. The number of hydrogen-bond acceptors (Lipinski definition) is 6. The van der Waals surface area contributed by atoms with Crippen LogP contribution in [0, 0.1) is 6.92 Å². The first-order chi connectivity index (χ1) is 22.0. The number of anilines is 1. The Morgan fingerprint density at radius 1 is 0.783 bits per heavy atom. The summed E-state index contributed by atoms with van der Waals surface area (Å²) in [4.78, 5) is 29.7. The molecule has 0 aromatic heterocycles. The molecule has 4 aromatic carbocycles. The zero-order chi connectivity index (χ0) is 33.3. The Bertz CT molecular complexity index is 1730. The van der Waals surface area contributed by atoms with Crippen LogP contribution in [0.3, 0.4) is 0 Å². The first kappa shape index (κ1) is 34.1. The van der Waals surface area contributed by atoms with E-state index in [1.165, 1.54) is 37.3 Å². The molecule has 2 amide bonds. The Balaban J connectivity index is 1.81. The third-order valence-corrected chi connectivity index (χ3v) is 9.17. The number of nitrogens with zero attached hydrogens (tertiary/aromatic N) is 2. The number of nitrogens with one attached hydrogen (secondary N) is 1. The molecule has 0 bridgehead atoms. The summed E-state index contributed by atoms with van der Waals surface area (Å²) >= 11 is 0. The van der Waals surface area contributed by atoms with Crippen LogP contribution >= 0.6 is 0 Å². The Hall–Kier alpha value is -4.83. The van der Waals surface area contributed by atoms with Crippen LogP contribution in [0.1, 0.15) is 30.5 Å². The molecule has 1 unspecified atom stereocenters. The van der Waals surface area contributed by atoms with Crippen molar-refractivity contribution < 1.29 is 27.5 Å². The van der Waals surface area contributed by atoms with Crippen molar-refractivity contribution in [3.63, 3.8) is 0 Å². The van der Waals surface area contributed by atoms with Crippen molar-refractivity contribution in [2.45, 2.75) is 50.7 Å². The fourth-order valence-electron chi connectivity index (χ4n) is 5.17. The van der Waals surface area contributed by atoms with Gasteiger partial charge in [0.1, 0.15) is 12.6 Å². The summed E-state index contributed by atoms with van der Waals surface area (Å²) in [7, 11) is -1.41. The molecular formula is C36H41N3O6S. The number of sulfonamides is 1. The number of rotatable bonds is 14. The van der Waals surface area contributed by atoms with Gasteiger partial charge in [-0.05, 0) is 56.2 Å². The molecule has 4 aromatic rings. The van der Waals surface area contributed by atoms with E-state index >= 15 is 0 Å². The average Bonchev–Trinajstić information content (AvgIpc) is 3.05. The van der Waals surface area contributed by atoms with Crippen molar-refractivity contribution in [2.24, 2.45) is 0 Å². The zero-order valence-corrected chi connectivity index (χ0v) is 27.7. The summed E-state index contributed by atoms with van der Waals surface area (Å²) in [5.74, 6) is -0.256. The minimum atomic E-state index is -4.29. The number of benzene rings is 4. The second kappa shape index (κ2) is 15.4. The van der Waals surface area contributed by atoms with E-state index in [1.807, 2.05) is 75.4 Å². The summed E-state index contributed by atoms with van der Waals surface area (Å²) in [6.07, 6.45) is 0.241. The highest BCUT2D eigenvalue weighted by molar-refractivity contribution is 7.92. The first-order valence-electron chi connectivity index (χ1n) is 15.0. The second-order valence-corrected chi connectivity index (χ2v) is 13.1. The lowest BCUT2D eigenvalue weighted by atomic mass is 10.0.